The molecule has 31 heavy (non-hydrogen) atoms. The molecule has 7 heteroatoms. The van der Waals surface area contributed by atoms with E-state index in [0.717, 1.165) is 27.9 Å². The summed E-state index contributed by atoms with van der Waals surface area (Å²) in [6, 6.07) is 20.2. The molecule has 2 heterocycles. The molecule has 2 aromatic rings. The van der Waals surface area contributed by atoms with E-state index in [1.165, 1.54) is 0 Å². The molecule has 0 amide bonds. The van der Waals surface area contributed by atoms with E-state index in [2.05, 4.69) is 12.1 Å². The van der Waals surface area contributed by atoms with Crippen LogP contribution < -0.4 is 0 Å². The quantitative estimate of drug-likeness (QED) is 0.400. The average molecular weight is 634 g/mol. The number of benzene rings is 2. The van der Waals surface area contributed by atoms with Crippen LogP contribution in [0.3, 0.4) is 0 Å². The van der Waals surface area contributed by atoms with E-state index in [9.17, 15) is 5.11 Å². The molecule has 164 valence electrons. The van der Waals surface area contributed by atoms with Crippen molar-refractivity contribution in [2.24, 2.45) is 0 Å². The number of halogens is 1. The second-order valence-electron chi connectivity index (χ2n) is 8.24. The van der Waals surface area contributed by atoms with Crippen LogP contribution >= 0.6 is 8.25 Å². The summed E-state index contributed by atoms with van der Waals surface area (Å²) >= 11 is -1.47. The van der Waals surface area contributed by atoms with Gasteiger partial charge in [-0.25, -0.2) is 0 Å². The molecule has 4 rings (SSSR count). The molecule has 0 saturated carbocycles. The Kier molecular flexibility index (Phi) is 9.20. The Morgan fingerprint density at radius 3 is 2.29 bits per heavy atom. The van der Waals surface area contributed by atoms with Gasteiger partial charge in [-0.1, -0.05) is 18.2 Å². The third-order valence-corrected chi connectivity index (χ3v) is 10.9. The van der Waals surface area contributed by atoms with E-state index >= 15 is 0 Å². The molecule has 2 aromatic carbocycles. The Morgan fingerprint density at radius 2 is 1.61 bits per heavy atom. The summed E-state index contributed by atoms with van der Waals surface area (Å²) in [6.45, 7) is 1.58. The second-order valence-corrected chi connectivity index (χ2v) is 15.3. The molecule has 0 unspecified atom stereocenters. The average Bonchev–Trinajstić information content (AvgIpc) is 3.39. The van der Waals surface area contributed by atoms with Gasteiger partial charge in [0.25, 0.3) is 0 Å². The van der Waals surface area contributed by atoms with Crippen molar-refractivity contribution in [2.45, 2.75) is 66.6 Å². The van der Waals surface area contributed by atoms with Gasteiger partial charge in [-0.05, 0) is 0 Å². The van der Waals surface area contributed by atoms with Crippen molar-refractivity contribution in [3.8, 4) is 0 Å². The van der Waals surface area contributed by atoms with Crippen molar-refractivity contribution < 1.29 is 47.4 Å². The van der Waals surface area contributed by atoms with Gasteiger partial charge in [0, 0.05) is 0 Å². The fourth-order valence-electron chi connectivity index (χ4n) is 4.35. The first-order valence-electron chi connectivity index (χ1n) is 11.1. The van der Waals surface area contributed by atoms with Crippen molar-refractivity contribution in [2.75, 3.05) is 6.61 Å². The van der Waals surface area contributed by atoms with E-state index in [1.807, 2.05) is 48.5 Å². The van der Waals surface area contributed by atoms with Gasteiger partial charge in [0.2, 0.25) is 0 Å². The van der Waals surface area contributed by atoms with Gasteiger partial charge >= 0.3 is 182 Å². The molecule has 2 saturated heterocycles. The molecule has 2 fully saturated rings. The summed E-state index contributed by atoms with van der Waals surface area (Å²) in [6.07, 6.45) is 0.150. The zero-order valence-electron chi connectivity index (χ0n) is 17.6. The van der Waals surface area contributed by atoms with Crippen molar-refractivity contribution in [3.05, 3.63) is 71.8 Å². The van der Waals surface area contributed by atoms with E-state index in [0.29, 0.717) is 19.8 Å². The van der Waals surface area contributed by atoms with E-state index in [-0.39, 0.29) is 24.4 Å². The monoisotopic (exact) mass is 634 g/mol. The standard InChI is InChI=1S/C24H29O5.ClH.Hg/c1-17-22(25)24(27-15-19-10-6-3-7-11-19)23(28-17)21-13-12-20(29-21)16-26-14-18-8-4-2-5-9-18;;/h2-11,17,20-25H,1,12-16H2;1H;/q;;+1/p-1/t17-,20+,21+,22+,23-,24-;;/m1../s1. The minimum atomic E-state index is -1.47. The third kappa shape index (κ3) is 6.50. The van der Waals surface area contributed by atoms with Crippen LogP contribution in [0.15, 0.2) is 60.7 Å². The summed E-state index contributed by atoms with van der Waals surface area (Å²) in [5.41, 5.74) is 2.23. The van der Waals surface area contributed by atoms with Crippen LogP contribution in [0.5, 0.6) is 0 Å². The molecule has 0 aliphatic carbocycles. The Bertz CT molecular complexity index is 780. The SMILES string of the molecule is O[C@@H]1[C@@H](OCc2ccccc2)[C@@H]([C@@H]2CC[C@@H](COCc3ccccc3)O2)O[C@@H]1[CH2][Hg][Cl]. The number of aliphatic hydroxyl groups excluding tert-OH is 1. The van der Waals surface area contributed by atoms with Gasteiger partial charge in [-0.15, -0.1) is 0 Å². The third-order valence-electron chi connectivity index (χ3n) is 5.97. The van der Waals surface area contributed by atoms with Crippen LogP contribution in [0.1, 0.15) is 24.0 Å². The summed E-state index contributed by atoms with van der Waals surface area (Å²) in [5.74, 6) is 0. The predicted molar refractivity (Wildman–Crippen MR) is 114 cm³/mol. The first-order chi connectivity index (χ1) is 15.2. The normalized spacial score (nSPS) is 30.4. The second kappa shape index (κ2) is 12.1. The van der Waals surface area contributed by atoms with Gasteiger partial charge in [-0.2, -0.15) is 0 Å². The van der Waals surface area contributed by atoms with Crippen molar-refractivity contribution in [1.29, 1.82) is 0 Å². The van der Waals surface area contributed by atoms with Crippen LogP contribution in [0.4, 0.5) is 0 Å². The fraction of sp³-hybridized carbons (Fsp3) is 0.500. The zero-order valence-corrected chi connectivity index (χ0v) is 23.9. The van der Waals surface area contributed by atoms with Gasteiger partial charge in [0.1, 0.15) is 0 Å². The molecule has 0 spiro atoms. The van der Waals surface area contributed by atoms with Crippen LogP contribution in [0, 0.1) is 0 Å². The molecule has 0 bridgehead atoms. The molecule has 0 radical (unpaired) electrons. The van der Waals surface area contributed by atoms with Crippen LogP contribution in [-0.4, -0.2) is 48.3 Å². The molecular weight excluding hydrogens is 604 g/mol. The Labute approximate surface area is 199 Å². The van der Waals surface area contributed by atoms with Crippen molar-refractivity contribution in [3.63, 3.8) is 0 Å². The molecule has 1 N–H and O–H groups in total. The molecule has 6 atom stereocenters. The molecule has 5 nitrogen and oxygen atoms in total. The summed E-state index contributed by atoms with van der Waals surface area (Å²) in [4.78, 5) is 0. The number of hydrogen-bond donors (Lipinski definition) is 1. The maximum atomic E-state index is 10.9. The van der Waals surface area contributed by atoms with Crippen molar-refractivity contribution in [1.82, 2.24) is 0 Å². The summed E-state index contributed by atoms with van der Waals surface area (Å²) in [7, 11) is 6.15. The Hall–Kier alpha value is -0.535. The summed E-state index contributed by atoms with van der Waals surface area (Å²) < 4.78 is 25.4. The van der Waals surface area contributed by atoms with Crippen LogP contribution in [-0.2, 0) is 55.5 Å². The molecule has 2 aliphatic rings. The minimum absolute atomic E-state index is 0.0382. The topological polar surface area (TPSA) is 57.2 Å². The van der Waals surface area contributed by atoms with Crippen LogP contribution in [0.2, 0.25) is 3.93 Å². The Morgan fingerprint density at radius 1 is 0.935 bits per heavy atom. The van der Waals surface area contributed by atoms with E-state index in [1.54, 1.807) is 0 Å². The van der Waals surface area contributed by atoms with Gasteiger partial charge in [0.05, 0.1) is 0 Å². The molecule has 2 aliphatic heterocycles. The number of hydrogen-bond acceptors (Lipinski definition) is 5. The number of rotatable bonds is 10. The molecule has 0 aromatic heterocycles. The van der Waals surface area contributed by atoms with Gasteiger partial charge in [0.15, 0.2) is 0 Å². The zero-order chi connectivity index (χ0) is 21.5. The first-order valence-corrected chi connectivity index (χ1v) is 21.7. The van der Waals surface area contributed by atoms with Crippen molar-refractivity contribution >= 4 is 8.25 Å². The van der Waals surface area contributed by atoms with Gasteiger partial charge < -0.3 is 0 Å². The van der Waals surface area contributed by atoms with E-state index in [4.69, 9.17) is 27.2 Å². The maximum absolute atomic E-state index is 10.9. The summed E-state index contributed by atoms with van der Waals surface area (Å²) in [5, 5.41) is 10.9. The van der Waals surface area contributed by atoms with Gasteiger partial charge in [-0.3, -0.25) is 0 Å². The first kappa shape index (κ1) is 23.6. The van der Waals surface area contributed by atoms with E-state index < -0.39 is 35.5 Å². The Balaban J connectivity index is 1.32. The molecular formula is C24H29ClHgO5. The number of aliphatic hydroxyl groups is 1. The predicted octanol–water partition coefficient (Wildman–Crippen LogP) is 4.12. The van der Waals surface area contributed by atoms with Crippen LogP contribution in [0.25, 0.3) is 0 Å². The fourth-order valence-corrected chi connectivity index (χ4v) is 8.93. The number of ether oxygens (including phenoxy) is 4.